The van der Waals surface area contributed by atoms with Gasteiger partial charge in [-0.05, 0) is 54.6 Å². The normalized spacial score (nSPS) is 15.8. The van der Waals surface area contributed by atoms with E-state index in [2.05, 4.69) is 26.2 Å². The molecule has 0 aliphatic carbocycles. The fourth-order valence-corrected chi connectivity index (χ4v) is 4.99. The van der Waals surface area contributed by atoms with Gasteiger partial charge in [-0.15, -0.1) is 11.8 Å². The van der Waals surface area contributed by atoms with Crippen LogP contribution in [0.3, 0.4) is 0 Å². The predicted molar refractivity (Wildman–Crippen MR) is 147 cm³/mol. The van der Waals surface area contributed by atoms with Gasteiger partial charge in [-0.1, -0.05) is 12.1 Å². The standard InChI is InChI=1S/C26H26BrN3O8S/c1-5-36-24(32)19-14(3)29-22(26(39-4)38-23(31)16-10-17(27)13-28-12-16)21(25(33)37-6-2)20(19)15-8-7-9-18(11-15)30(34)35/h7-13,20,26,29H,5-6H2,1-4H3. The molecule has 2 heterocycles. The molecule has 2 atom stereocenters. The third-order valence-corrected chi connectivity index (χ3v) is 6.80. The Labute approximate surface area is 237 Å². The topological polar surface area (TPSA) is 147 Å². The highest BCUT2D eigenvalue weighted by Crippen LogP contribution is 2.42. The number of nitrogens with zero attached hydrogens (tertiary/aromatic N) is 2. The highest BCUT2D eigenvalue weighted by Gasteiger charge is 2.42. The zero-order chi connectivity index (χ0) is 28.7. The highest BCUT2D eigenvalue weighted by atomic mass is 79.9. The number of nitrogens with one attached hydrogen (secondary N) is 1. The van der Waals surface area contributed by atoms with Gasteiger partial charge in [0.2, 0.25) is 0 Å². The smallest absolute Gasteiger partial charge is 0.341 e. The van der Waals surface area contributed by atoms with Gasteiger partial charge in [-0.2, -0.15) is 0 Å². The maximum Gasteiger partial charge on any atom is 0.341 e. The molecule has 2 aromatic rings. The molecule has 1 aliphatic heterocycles. The van der Waals surface area contributed by atoms with E-state index in [9.17, 15) is 24.5 Å². The van der Waals surface area contributed by atoms with Crippen LogP contribution in [-0.4, -0.2) is 52.7 Å². The first-order valence-electron chi connectivity index (χ1n) is 11.8. The van der Waals surface area contributed by atoms with Crippen LogP contribution in [0.15, 0.2) is 69.7 Å². The van der Waals surface area contributed by atoms with Crippen molar-refractivity contribution in [2.24, 2.45) is 0 Å². The van der Waals surface area contributed by atoms with Crippen LogP contribution in [0.1, 0.15) is 42.6 Å². The number of dihydropyridines is 1. The third-order valence-electron chi connectivity index (χ3n) is 5.60. The average Bonchev–Trinajstić information content (AvgIpc) is 2.91. The minimum Gasteiger partial charge on any atom is -0.463 e. The van der Waals surface area contributed by atoms with E-state index in [0.29, 0.717) is 10.2 Å². The molecule has 0 spiro atoms. The van der Waals surface area contributed by atoms with Crippen molar-refractivity contribution in [2.45, 2.75) is 32.1 Å². The van der Waals surface area contributed by atoms with Gasteiger partial charge in [0, 0.05) is 34.7 Å². The van der Waals surface area contributed by atoms with Gasteiger partial charge in [0.15, 0.2) is 5.44 Å². The van der Waals surface area contributed by atoms with Gasteiger partial charge in [-0.3, -0.25) is 15.1 Å². The lowest BCUT2D eigenvalue weighted by molar-refractivity contribution is -0.384. The number of carbonyl (C=O) groups is 3. The highest BCUT2D eigenvalue weighted by molar-refractivity contribution is 9.10. The summed E-state index contributed by atoms with van der Waals surface area (Å²) in [7, 11) is 0. The first kappa shape index (κ1) is 29.8. The molecule has 1 aliphatic rings. The van der Waals surface area contributed by atoms with Crippen molar-refractivity contribution < 1.29 is 33.5 Å². The number of hydrogen-bond acceptors (Lipinski definition) is 11. The first-order valence-corrected chi connectivity index (χ1v) is 13.9. The molecule has 2 unspecified atom stereocenters. The molecule has 3 rings (SSSR count). The number of aromatic nitrogens is 1. The number of nitro benzene ring substituents is 1. The Morgan fingerprint density at radius 1 is 1.10 bits per heavy atom. The van der Waals surface area contributed by atoms with Crippen molar-refractivity contribution in [1.29, 1.82) is 0 Å². The number of carbonyl (C=O) groups excluding carboxylic acids is 3. The van der Waals surface area contributed by atoms with Crippen LogP contribution in [0.4, 0.5) is 5.69 Å². The van der Waals surface area contributed by atoms with E-state index in [0.717, 1.165) is 11.8 Å². The average molecular weight is 620 g/mol. The van der Waals surface area contributed by atoms with E-state index in [4.69, 9.17) is 14.2 Å². The minimum absolute atomic E-state index is 0.0160. The van der Waals surface area contributed by atoms with E-state index in [1.165, 1.54) is 36.7 Å². The zero-order valence-electron chi connectivity index (χ0n) is 21.6. The van der Waals surface area contributed by atoms with Crippen LogP contribution in [-0.2, 0) is 23.8 Å². The van der Waals surface area contributed by atoms with E-state index in [1.54, 1.807) is 33.1 Å². The van der Waals surface area contributed by atoms with Crippen LogP contribution in [0.25, 0.3) is 0 Å². The van der Waals surface area contributed by atoms with Crippen LogP contribution in [0.2, 0.25) is 0 Å². The third kappa shape index (κ3) is 6.84. The summed E-state index contributed by atoms with van der Waals surface area (Å²) in [4.78, 5) is 54.6. The quantitative estimate of drug-likeness (QED) is 0.130. The van der Waals surface area contributed by atoms with E-state index < -0.39 is 34.2 Å². The second kappa shape index (κ2) is 13.4. The summed E-state index contributed by atoms with van der Waals surface area (Å²) >= 11 is 4.39. The Balaban J connectivity index is 2.23. The van der Waals surface area contributed by atoms with E-state index in [1.807, 2.05) is 0 Å². The minimum atomic E-state index is -1.11. The number of hydrogen-bond donors (Lipinski definition) is 1. The van der Waals surface area contributed by atoms with E-state index in [-0.39, 0.29) is 46.9 Å². The molecule has 0 fully saturated rings. The van der Waals surface area contributed by atoms with Crippen LogP contribution in [0.5, 0.6) is 0 Å². The van der Waals surface area contributed by atoms with Crippen LogP contribution >= 0.6 is 27.7 Å². The van der Waals surface area contributed by atoms with Crippen molar-refractivity contribution in [2.75, 3.05) is 19.5 Å². The lowest BCUT2D eigenvalue weighted by Gasteiger charge is -2.33. The number of nitro groups is 1. The second-order valence-corrected chi connectivity index (χ2v) is 9.90. The maximum atomic E-state index is 13.5. The summed E-state index contributed by atoms with van der Waals surface area (Å²) in [5.74, 6) is -3.31. The molecule has 0 saturated carbocycles. The molecule has 0 bridgehead atoms. The number of benzene rings is 1. The Bertz CT molecular complexity index is 1360. The van der Waals surface area contributed by atoms with E-state index >= 15 is 0 Å². The number of ether oxygens (including phenoxy) is 3. The molecule has 206 valence electrons. The van der Waals surface area contributed by atoms with Crippen molar-refractivity contribution in [1.82, 2.24) is 10.3 Å². The van der Waals surface area contributed by atoms with Gasteiger partial charge in [0.05, 0.1) is 46.5 Å². The number of pyridine rings is 1. The predicted octanol–water partition coefficient (Wildman–Crippen LogP) is 4.64. The molecule has 39 heavy (non-hydrogen) atoms. The fourth-order valence-electron chi connectivity index (χ4n) is 4.02. The molecule has 1 aromatic heterocycles. The van der Waals surface area contributed by atoms with Gasteiger partial charge < -0.3 is 19.5 Å². The molecule has 1 N–H and O–H groups in total. The number of allylic oxidation sites excluding steroid dienone is 1. The van der Waals surface area contributed by atoms with Crippen LogP contribution in [0, 0.1) is 10.1 Å². The Morgan fingerprint density at radius 3 is 2.36 bits per heavy atom. The fraction of sp³-hybridized carbons (Fsp3) is 0.308. The largest absolute Gasteiger partial charge is 0.463 e. The molecule has 0 amide bonds. The maximum absolute atomic E-state index is 13.5. The monoisotopic (exact) mass is 619 g/mol. The summed E-state index contributed by atoms with van der Waals surface area (Å²) < 4.78 is 17.0. The second-order valence-electron chi connectivity index (χ2n) is 8.08. The summed E-state index contributed by atoms with van der Waals surface area (Å²) in [5, 5.41) is 14.6. The molecule has 0 saturated heterocycles. The Morgan fingerprint density at radius 2 is 1.77 bits per heavy atom. The van der Waals surface area contributed by atoms with Crippen molar-refractivity contribution >= 4 is 51.3 Å². The number of halogens is 1. The van der Waals surface area contributed by atoms with Gasteiger partial charge in [-0.25, -0.2) is 14.4 Å². The number of rotatable bonds is 10. The molecule has 11 nitrogen and oxygen atoms in total. The number of non-ortho nitro benzene ring substituents is 1. The lowest BCUT2D eigenvalue weighted by atomic mass is 9.80. The Kier molecular flexibility index (Phi) is 10.2. The van der Waals surface area contributed by atoms with Gasteiger partial charge in [0.25, 0.3) is 5.69 Å². The molecule has 1 aromatic carbocycles. The van der Waals surface area contributed by atoms with Gasteiger partial charge >= 0.3 is 17.9 Å². The van der Waals surface area contributed by atoms with Crippen LogP contribution < -0.4 is 5.32 Å². The Hall–Kier alpha value is -3.71. The van der Waals surface area contributed by atoms with Gasteiger partial charge in [0.1, 0.15) is 0 Å². The number of thioether (sulfide) groups is 1. The zero-order valence-corrected chi connectivity index (χ0v) is 24.0. The van der Waals surface area contributed by atoms with Crippen molar-refractivity contribution in [3.8, 4) is 0 Å². The molecular formula is C26H26BrN3O8S. The molecular weight excluding hydrogens is 594 g/mol. The first-order chi connectivity index (χ1) is 18.6. The summed E-state index contributed by atoms with van der Waals surface area (Å²) in [5.41, 5.74) is -0.283. The molecule has 13 heteroatoms. The lowest BCUT2D eigenvalue weighted by Crippen LogP contribution is -2.38. The molecule has 0 radical (unpaired) electrons. The van der Waals surface area contributed by atoms with Crippen molar-refractivity contribution in [3.05, 3.63) is 91.0 Å². The SMILES string of the molecule is CCOC(=O)C1=C(C)NC(C(OC(=O)c2cncc(Br)c2)SC)=C(C(=O)OCC)C1c1cccc([N+](=O)[O-])c1. The number of esters is 3. The summed E-state index contributed by atoms with van der Waals surface area (Å²) in [6, 6.07) is 7.16. The summed E-state index contributed by atoms with van der Waals surface area (Å²) in [6.07, 6.45) is 4.54. The van der Waals surface area contributed by atoms with Crippen molar-refractivity contribution in [3.63, 3.8) is 0 Å². The summed E-state index contributed by atoms with van der Waals surface area (Å²) in [6.45, 7) is 4.95.